The maximum atomic E-state index is 10.5. The zero-order valence-corrected chi connectivity index (χ0v) is 12.5. The first-order valence-electron chi connectivity index (χ1n) is 6.03. The van der Waals surface area contributed by atoms with Crippen LogP contribution in [-0.4, -0.2) is 21.7 Å². The third kappa shape index (κ3) is 3.94. The Morgan fingerprint density at radius 3 is 2.56 bits per heavy atom. The predicted octanol–water partition coefficient (Wildman–Crippen LogP) is 4.03. The summed E-state index contributed by atoms with van der Waals surface area (Å²) in [5, 5.41) is 10.5. The molecule has 0 aromatic heterocycles. The molecule has 3 heteroatoms. The van der Waals surface area contributed by atoms with Gasteiger partial charge in [0.25, 0.3) is 0 Å². The molecule has 0 amide bonds. The van der Waals surface area contributed by atoms with Gasteiger partial charge in [0.15, 0.2) is 0 Å². The Hall–Kier alpha value is -0.640. The molecule has 0 bridgehead atoms. The van der Waals surface area contributed by atoms with Gasteiger partial charge in [-0.25, -0.2) is 0 Å². The third-order valence-corrected chi connectivity index (χ3v) is 4.68. The van der Waals surface area contributed by atoms with Gasteiger partial charge in [-0.05, 0) is 18.2 Å². The van der Waals surface area contributed by atoms with Crippen LogP contribution in [-0.2, 0) is 0 Å². The van der Waals surface area contributed by atoms with Gasteiger partial charge >= 0.3 is 0 Å². The van der Waals surface area contributed by atoms with E-state index in [-0.39, 0.29) is 11.8 Å². The Kier molecular flexibility index (Phi) is 6.61. The smallest absolute Gasteiger partial charge is 0.0690 e. The van der Waals surface area contributed by atoms with E-state index in [0.717, 1.165) is 16.2 Å². The molecule has 0 saturated carbocycles. The SMILES string of the molecule is C=CC[C@@H](C(=S)SC)[C@@H](O)[C@H](C)c1ccccc1. The number of hydrogen-bond donors (Lipinski definition) is 1. The van der Waals surface area contributed by atoms with E-state index in [2.05, 4.69) is 6.58 Å². The van der Waals surface area contributed by atoms with Gasteiger partial charge in [0.2, 0.25) is 0 Å². The van der Waals surface area contributed by atoms with Gasteiger partial charge in [-0.3, -0.25) is 0 Å². The minimum Gasteiger partial charge on any atom is -0.392 e. The van der Waals surface area contributed by atoms with Crippen molar-refractivity contribution in [1.29, 1.82) is 0 Å². The number of thioether (sulfide) groups is 1. The van der Waals surface area contributed by atoms with E-state index < -0.39 is 6.10 Å². The molecule has 0 radical (unpaired) electrons. The lowest BCUT2D eigenvalue weighted by Crippen LogP contribution is -2.30. The fourth-order valence-corrected chi connectivity index (χ4v) is 2.78. The van der Waals surface area contributed by atoms with Crippen molar-refractivity contribution in [3.8, 4) is 0 Å². The Morgan fingerprint density at radius 2 is 2.06 bits per heavy atom. The number of hydrogen-bond acceptors (Lipinski definition) is 3. The Balaban J connectivity index is 2.85. The third-order valence-electron chi connectivity index (χ3n) is 3.17. The van der Waals surface area contributed by atoms with Gasteiger partial charge in [0.1, 0.15) is 0 Å². The summed E-state index contributed by atoms with van der Waals surface area (Å²) in [6.45, 7) is 5.79. The second kappa shape index (κ2) is 7.72. The van der Waals surface area contributed by atoms with Crippen LogP contribution < -0.4 is 0 Å². The van der Waals surface area contributed by atoms with Gasteiger partial charge in [0, 0.05) is 11.8 Å². The van der Waals surface area contributed by atoms with Crippen molar-refractivity contribution in [2.75, 3.05) is 6.26 Å². The van der Waals surface area contributed by atoms with E-state index in [9.17, 15) is 5.11 Å². The number of aliphatic hydroxyl groups is 1. The van der Waals surface area contributed by atoms with E-state index in [1.54, 1.807) is 0 Å². The number of allylic oxidation sites excluding steroid dienone is 1. The highest BCUT2D eigenvalue weighted by Crippen LogP contribution is 2.29. The number of benzene rings is 1. The van der Waals surface area contributed by atoms with Crippen LogP contribution in [0.1, 0.15) is 24.8 Å². The zero-order chi connectivity index (χ0) is 13.5. The molecule has 0 aliphatic heterocycles. The highest BCUT2D eigenvalue weighted by molar-refractivity contribution is 8.22. The van der Waals surface area contributed by atoms with Crippen LogP contribution >= 0.6 is 24.0 Å². The Bertz CT molecular complexity index is 389. The fourth-order valence-electron chi connectivity index (χ4n) is 2.01. The van der Waals surface area contributed by atoms with E-state index in [0.29, 0.717) is 0 Å². The van der Waals surface area contributed by atoms with Gasteiger partial charge in [-0.1, -0.05) is 55.5 Å². The van der Waals surface area contributed by atoms with Crippen LogP contribution in [0.4, 0.5) is 0 Å². The Morgan fingerprint density at radius 1 is 1.44 bits per heavy atom. The normalized spacial score (nSPS) is 15.7. The van der Waals surface area contributed by atoms with Gasteiger partial charge in [-0.2, -0.15) is 0 Å². The molecule has 98 valence electrons. The minimum absolute atomic E-state index is 0.0114. The summed E-state index contributed by atoms with van der Waals surface area (Å²) >= 11 is 6.88. The summed E-state index contributed by atoms with van der Waals surface area (Å²) in [6.07, 6.45) is 4.04. The maximum absolute atomic E-state index is 10.5. The Labute approximate surface area is 119 Å². The lowest BCUT2D eigenvalue weighted by molar-refractivity contribution is 0.117. The highest BCUT2D eigenvalue weighted by atomic mass is 32.2. The molecule has 0 aliphatic carbocycles. The van der Waals surface area contributed by atoms with Crippen molar-refractivity contribution < 1.29 is 5.11 Å². The maximum Gasteiger partial charge on any atom is 0.0690 e. The summed E-state index contributed by atoms with van der Waals surface area (Å²) < 4.78 is 0.852. The van der Waals surface area contributed by atoms with Crippen molar-refractivity contribution in [2.24, 2.45) is 5.92 Å². The molecule has 0 heterocycles. The topological polar surface area (TPSA) is 20.2 Å². The molecular formula is C15H20OS2. The molecule has 1 aromatic rings. The summed E-state index contributed by atoms with van der Waals surface area (Å²) in [5.74, 6) is 0.0592. The predicted molar refractivity (Wildman–Crippen MR) is 85.3 cm³/mol. The van der Waals surface area contributed by atoms with Gasteiger partial charge in [0.05, 0.1) is 10.3 Å². The molecule has 1 nitrogen and oxygen atoms in total. The number of thiocarbonyl (C=S) groups is 1. The number of aliphatic hydroxyl groups excluding tert-OH is 1. The van der Waals surface area contributed by atoms with E-state index in [1.807, 2.05) is 49.6 Å². The summed E-state index contributed by atoms with van der Waals surface area (Å²) in [5.41, 5.74) is 1.14. The first-order valence-corrected chi connectivity index (χ1v) is 7.66. The number of rotatable bonds is 6. The molecule has 18 heavy (non-hydrogen) atoms. The summed E-state index contributed by atoms with van der Waals surface area (Å²) in [7, 11) is 0. The molecular weight excluding hydrogens is 260 g/mol. The monoisotopic (exact) mass is 280 g/mol. The molecule has 1 N–H and O–H groups in total. The van der Waals surface area contributed by atoms with E-state index >= 15 is 0 Å². The first-order chi connectivity index (χ1) is 8.61. The average molecular weight is 280 g/mol. The molecule has 1 rings (SSSR count). The molecule has 3 atom stereocenters. The van der Waals surface area contributed by atoms with Crippen LogP contribution in [0.2, 0.25) is 0 Å². The van der Waals surface area contributed by atoms with Crippen molar-refractivity contribution in [3.05, 3.63) is 48.6 Å². The second-order valence-corrected chi connectivity index (χ2v) is 5.89. The van der Waals surface area contributed by atoms with Gasteiger partial charge in [-0.15, -0.1) is 18.3 Å². The second-order valence-electron chi connectivity index (χ2n) is 4.34. The van der Waals surface area contributed by atoms with E-state index in [4.69, 9.17) is 12.2 Å². The van der Waals surface area contributed by atoms with Crippen molar-refractivity contribution in [3.63, 3.8) is 0 Å². The van der Waals surface area contributed by atoms with Crippen LogP contribution in [0.15, 0.2) is 43.0 Å². The van der Waals surface area contributed by atoms with E-state index in [1.165, 1.54) is 11.8 Å². The summed E-state index contributed by atoms with van der Waals surface area (Å²) in [4.78, 5) is 0. The molecule has 0 aliphatic rings. The minimum atomic E-state index is -0.467. The molecule has 0 fully saturated rings. The highest BCUT2D eigenvalue weighted by Gasteiger charge is 2.27. The van der Waals surface area contributed by atoms with Crippen molar-refractivity contribution in [2.45, 2.75) is 25.4 Å². The lowest BCUT2D eigenvalue weighted by atomic mass is 9.86. The largest absolute Gasteiger partial charge is 0.392 e. The van der Waals surface area contributed by atoms with Crippen LogP contribution in [0.3, 0.4) is 0 Å². The molecule has 1 aromatic carbocycles. The average Bonchev–Trinajstić information content (AvgIpc) is 2.43. The quantitative estimate of drug-likeness (QED) is 0.627. The van der Waals surface area contributed by atoms with Crippen molar-refractivity contribution >= 4 is 28.2 Å². The molecule has 0 unspecified atom stereocenters. The lowest BCUT2D eigenvalue weighted by Gasteiger charge is -2.27. The molecule has 0 saturated heterocycles. The van der Waals surface area contributed by atoms with Crippen LogP contribution in [0, 0.1) is 5.92 Å². The van der Waals surface area contributed by atoms with Crippen LogP contribution in [0.25, 0.3) is 0 Å². The summed E-state index contributed by atoms with van der Waals surface area (Å²) in [6, 6.07) is 10.1. The fraction of sp³-hybridized carbons (Fsp3) is 0.400. The zero-order valence-electron chi connectivity index (χ0n) is 10.9. The van der Waals surface area contributed by atoms with Crippen molar-refractivity contribution in [1.82, 2.24) is 0 Å². The first kappa shape index (κ1) is 15.4. The molecule has 0 spiro atoms. The van der Waals surface area contributed by atoms with Crippen LogP contribution in [0.5, 0.6) is 0 Å². The van der Waals surface area contributed by atoms with Gasteiger partial charge < -0.3 is 5.11 Å². The standard InChI is InChI=1S/C15H20OS2/c1-4-8-13(15(17)18-3)14(16)11(2)12-9-6-5-7-10-12/h4-7,9-11,13-14,16H,1,8H2,2-3H3/t11-,13-,14+/m1/s1.